The van der Waals surface area contributed by atoms with E-state index >= 15 is 0 Å². The van der Waals surface area contributed by atoms with Gasteiger partial charge in [-0.05, 0) is 6.92 Å². The molecule has 5 heteroatoms. The van der Waals surface area contributed by atoms with Crippen LogP contribution in [0.15, 0.2) is 0 Å². The van der Waals surface area contributed by atoms with Gasteiger partial charge in [0.25, 0.3) is 0 Å². The van der Waals surface area contributed by atoms with Crippen LogP contribution in [0.4, 0.5) is 0 Å². The first-order valence-corrected chi connectivity index (χ1v) is 3.35. The Morgan fingerprint density at radius 3 is 2.18 bits per heavy atom. The highest BCUT2D eigenvalue weighted by Crippen LogP contribution is 2.29. The summed E-state index contributed by atoms with van der Waals surface area (Å²) in [5, 5.41) is 36.0. The lowest BCUT2D eigenvalue weighted by molar-refractivity contribution is -0.132. The Hall–Kier alpha value is -0.200. The molecule has 1 aliphatic heterocycles. The summed E-state index contributed by atoms with van der Waals surface area (Å²) in [6, 6.07) is 0. The maximum absolute atomic E-state index is 9.40. The van der Waals surface area contributed by atoms with Gasteiger partial charge in [0.2, 0.25) is 0 Å². The molecule has 0 saturated carbocycles. The maximum Gasteiger partial charge on any atom is 0.184 e. The first-order valence-electron chi connectivity index (χ1n) is 3.35. The number of ether oxygens (including phenoxy) is 1. The molecule has 4 atom stereocenters. The van der Waals surface area contributed by atoms with Crippen LogP contribution >= 0.6 is 0 Å². The molecule has 66 valence electrons. The summed E-state index contributed by atoms with van der Waals surface area (Å²) in [5.74, 6) is 0. The average Bonchev–Trinajstić information content (AvgIpc) is 2.13. The molecular formula is C6H12O5. The van der Waals surface area contributed by atoms with E-state index in [1.807, 2.05) is 0 Å². The van der Waals surface area contributed by atoms with Crippen LogP contribution in [0.5, 0.6) is 0 Å². The molecule has 0 bridgehead atoms. The molecular weight excluding hydrogens is 152 g/mol. The molecule has 4 N–H and O–H groups in total. The van der Waals surface area contributed by atoms with E-state index in [0.29, 0.717) is 0 Å². The Morgan fingerprint density at radius 2 is 2.00 bits per heavy atom. The lowest BCUT2D eigenvalue weighted by atomic mass is 9.96. The van der Waals surface area contributed by atoms with Crippen molar-refractivity contribution in [1.29, 1.82) is 0 Å². The summed E-state index contributed by atoms with van der Waals surface area (Å²) in [6.45, 7) is 0.871. The maximum atomic E-state index is 9.40. The second-order valence-corrected chi connectivity index (χ2v) is 2.87. The monoisotopic (exact) mass is 164 g/mol. The Morgan fingerprint density at radius 1 is 1.45 bits per heavy atom. The van der Waals surface area contributed by atoms with Gasteiger partial charge < -0.3 is 25.2 Å². The van der Waals surface area contributed by atoms with Gasteiger partial charge in [-0.3, -0.25) is 0 Å². The summed E-state index contributed by atoms with van der Waals surface area (Å²) in [5.41, 5.74) is -1.58. The zero-order valence-corrected chi connectivity index (χ0v) is 6.14. The molecule has 0 aromatic carbocycles. The van der Waals surface area contributed by atoms with Crippen molar-refractivity contribution in [3.8, 4) is 0 Å². The molecule has 11 heavy (non-hydrogen) atoms. The second-order valence-electron chi connectivity index (χ2n) is 2.87. The fourth-order valence-electron chi connectivity index (χ4n) is 1.09. The molecule has 1 rings (SSSR count). The van der Waals surface area contributed by atoms with Gasteiger partial charge in [0, 0.05) is 0 Å². The Bertz CT molecular complexity index is 146. The van der Waals surface area contributed by atoms with Crippen LogP contribution in [0, 0.1) is 0 Å². The van der Waals surface area contributed by atoms with Crippen LogP contribution in [0.3, 0.4) is 0 Å². The van der Waals surface area contributed by atoms with E-state index in [1.165, 1.54) is 6.92 Å². The highest BCUT2D eigenvalue weighted by Gasteiger charge is 2.51. The van der Waals surface area contributed by atoms with Crippen molar-refractivity contribution in [2.75, 3.05) is 6.61 Å². The first kappa shape index (κ1) is 8.89. The predicted octanol–water partition coefficient (Wildman–Crippen LogP) is -2.19. The van der Waals surface area contributed by atoms with Gasteiger partial charge in [-0.2, -0.15) is 0 Å². The Kier molecular flexibility index (Phi) is 2.17. The zero-order valence-electron chi connectivity index (χ0n) is 6.14. The lowest BCUT2D eigenvalue weighted by Gasteiger charge is -2.24. The summed E-state index contributed by atoms with van der Waals surface area (Å²) < 4.78 is 4.64. The fourth-order valence-corrected chi connectivity index (χ4v) is 1.09. The highest BCUT2D eigenvalue weighted by molar-refractivity contribution is 4.96. The minimum atomic E-state index is -1.58. The van der Waals surface area contributed by atoms with E-state index in [2.05, 4.69) is 4.74 Å². The van der Waals surface area contributed by atoms with Crippen molar-refractivity contribution in [3.63, 3.8) is 0 Å². The Labute approximate surface area is 63.8 Å². The first-order chi connectivity index (χ1) is 5.00. The van der Waals surface area contributed by atoms with Gasteiger partial charge in [0.1, 0.15) is 17.8 Å². The summed E-state index contributed by atoms with van der Waals surface area (Å²) >= 11 is 0. The molecule has 0 aromatic rings. The molecule has 5 nitrogen and oxygen atoms in total. The molecule has 0 aromatic heterocycles. The van der Waals surface area contributed by atoms with Crippen molar-refractivity contribution in [2.24, 2.45) is 0 Å². The quantitative estimate of drug-likeness (QED) is 0.353. The fraction of sp³-hybridized carbons (Fsp3) is 1.00. The molecule has 0 aliphatic carbocycles. The number of aliphatic hydroxyl groups excluding tert-OH is 3. The van der Waals surface area contributed by atoms with Crippen molar-refractivity contribution in [1.82, 2.24) is 0 Å². The van der Waals surface area contributed by atoms with Crippen molar-refractivity contribution < 1.29 is 25.2 Å². The Balaban J connectivity index is 2.74. The van der Waals surface area contributed by atoms with Gasteiger partial charge in [0.15, 0.2) is 6.29 Å². The van der Waals surface area contributed by atoms with Gasteiger partial charge in [-0.15, -0.1) is 0 Å². The number of hydrogen-bond acceptors (Lipinski definition) is 5. The number of rotatable bonds is 1. The zero-order chi connectivity index (χ0) is 8.65. The number of hydrogen-bond donors (Lipinski definition) is 4. The van der Waals surface area contributed by atoms with Gasteiger partial charge >= 0.3 is 0 Å². The van der Waals surface area contributed by atoms with E-state index in [9.17, 15) is 5.11 Å². The summed E-state index contributed by atoms with van der Waals surface area (Å²) in [6.07, 6.45) is -3.70. The van der Waals surface area contributed by atoms with Crippen LogP contribution in [0.2, 0.25) is 0 Å². The van der Waals surface area contributed by atoms with Crippen molar-refractivity contribution >= 4 is 0 Å². The molecule has 0 radical (unpaired) electrons. The molecule has 1 saturated heterocycles. The second kappa shape index (κ2) is 2.69. The van der Waals surface area contributed by atoms with Gasteiger partial charge in [-0.1, -0.05) is 0 Å². The molecule has 1 aliphatic rings. The van der Waals surface area contributed by atoms with Crippen LogP contribution in [0.25, 0.3) is 0 Å². The third-order valence-corrected chi connectivity index (χ3v) is 1.99. The SMILES string of the molecule is C[C@@]1(O)[C@@H](CO)O[C@H](O)[C@@H]1O. The molecule has 0 spiro atoms. The largest absolute Gasteiger partial charge is 0.394 e. The molecule has 0 amide bonds. The van der Waals surface area contributed by atoms with Crippen LogP contribution in [-0.2, 0) is 4.74 Å². The normalized spacial score (nSPS) is 51.5. The smallest absolute Gasteiger partial charge is 0.184 e. The van der Waals surface area contributed by atoms with E-state index in [4.69, 9.17) is 15.3 Å². The highest BCUT2D eigenvalue weighted by atomic mass is 16.6. The van der Waals surface area contributed by atoms with Crippen molar-refractivity contribution in [3.05, 3.63) is 0 Å². The molecule has 0 unspecified atom stereocenters. The minimum absolute atomic E-state index is 0.429. The van der Waals surface area contributed by atoms with Crippen LogP contribution in [-0.4, -0.2) is 51.1 Å². The van der Waals surface area contributed by atoms with E-state index in [0.717, 1.165) is 0 Å². The third kappa shape index (κ3) is 1.25. The average molecular weight is 164 g/mol. The molecule has 1 heterocycles. The topological polar surface area (TPSA) is 90.2 Å². The lowest BCUT2D eigenvalue weighted by Crippen LogP contribution is -2.46. The summed E-state index contributed by atoms with van der Waals surface area (Å²) in [4.78, 5) is 0. The van der Waals surface area contributed by atoms with Crippen molar-refractivity contribution in [2.45, 2.75) is 31.0 Å². The van der Waals surface area contributed by atoms with E-state index < -0.39 is 30.7 Å². The van der Waals surface area contributed by atoms with Gasteiger partial charge in [0.05, 0.1) is 6.61 Å². The minimum Gasteiger partial charge on any atom is -0.394 e. The van der Waals surface area contributed by atoms with E-state index in [-0.39, 0.29) is 0 Å². The van der Waals surface area contributed by atoms with Crippen LogP contribution < -0.4 is 0 Å². The molecule has 1 fully saturated rings. The number of aliphatic hydroxyl groups is 4. The predicted molar refractivity (Wildman–Crippen MR) is 34.6 cm³/mol. The third-order valence-electron chi connectivity index (χ3n) is 1.99. The van der Waals surface area contributed by atoms with Crippen LogP contribution in [0.1, 0.15) is 6.92 Å². The van der Waals surface area contributed by atoms with E-state index in [1.54, 1.807) is 0 Å². The standard InChI is InChI=1S/C6H12O5/c1-6(10)3(2-7)11-5(9)4(6)8/h3-5,7-10H,2H2,1H3/t3-,4+,5+,6-/m1/s1. The summed E-state index contributed by atoms with van der Waals surface area (Å²) in [7, 11) is 0. The van der Waals surface area contributed by atoms with Gasteiger partial charge in [-0.25, -0.2) is 0 Å².